The fourth-order valence-corrected chi connectivity index (χ4v) is 1.55. The molecule has 0 radical (unpaired) electrons. The minimum Gasteiger partial charge on any atom is -0.476 e. The molecule has 0 amide bonds. The summed E-state index contributed by atoms with van der Waals surface area (Å²) in [7, 11) is 4.06. The number of aromatic nitrogens is 1. The zero-order chi connectivity index (χ0) is 14.5. The van der Waals surface area contributed by atoms with Crippen molar-refractivity contribution in [1.29, 1.82) is 0 Å². The van der Waals surface area contributed by atoms with Gasteiger partial charge in [0.2, 0.25) is 5.88 Å². The van der Waals surface area contributed by atoms with Crippen LogP contribution in [-0.2, 0) is 13.0 Å². The number of rotatable bonds is 7. The molecular weight excluding hydrogens is 240 g/mol. The average Bonchev–Trinajstić information content (AvgIpc) is 2.36. The van der Waals surface area contributed by atoms with Crippen LogP contribution >= 0.6 is 0 Å². The predicted octanol–water partition coefficient (Wildman–Crippen LogP) is 2.25. The highest BCUT2D eigenvalue weighted by Crippen LogP contribution is 2.17. The third-order valence-electron chi connectivity index (χ3n) is 3.39. The lowest BCUT2D eigenvalue weighted by atomic mass is 10.1. The standard InChI is InChI=1S/C15H26N2O2/c1-6-7-13-8-12(10-18)9-14(16-13)19-11-15(2,3)17(4)5/h8-9,18H,6-7,10-11H2,1-5H3. The van der Waals surface area contributed by atoms with Crippen molar-refractivity contribution in [2.75, 3.05) is 20.7 Å². The maximum absolute atomic E-state index is 9.28. The second-order valence-corrected chi connectivity index (χ2v) is 5.71. The summed E-state index contributed by atoms with van der Waals surface area (Å²) >= 11 is 0. The van der Waals surface area contributed by atoms with E-state index in [1.54, 1.807) is 0 Å². The molecule has 1 N–H and O–H groups in total. The molecule has 0 unspecified atom stereocenters. The lowest BCUT2D eigenvalue weighted by molar-refractivity contribution is 0.111. The van der Waals surface area contributed by atoms with Crippen LogP contribution in [0.1, 0.15) is 38.4 Å². The number of pyridine rings is 1. The van der Waals surface area contributed by atoms with E-state index >= 15 is 0 Å². The molecule has 0 bridgehead atoms. The van der Waals surface area contributed by atoms with Gasteiger partial charge in [0.05, 0.1) is 6.61 Å². The minimum absolute atomic E-state index is 0.0205. The second kappa shape index (κ2) is 6.87. The number of likely N-dealkylation sites (N-methyl/N-ethyl adjacent to an activating group) is 1. The molecule has 1 rings (SSSR count). The quantitative estimate of drug-likeness (QED) is 0.822. The Bertz CT molecular complexity index is 403. The number of nitrogens with zero attached hydrogens (tertiary/aromatic N) is 2. The highest BCUT2D eigenvalue weighted by atomic mass is 16.5. The summed E-state index contributed by atoms with van der Waals surface area (Å²) in [5.41, 5.74) is 1.78. The lowest BCUT2D eigenvalue weighted by Crippen LogP contribution is -2.43. The van der Waals surface area contributed by atoms with E-state index in [1.807, 2.05) is 26.2 Å². The first-order valence-corrected chi connectivity index (χ1v) is 6.80. The molecule has 4 heteroatoms. The zero-order valence-corrected chi connectivity index (χ0v) is 12.7. The Morgan fingerprint density at radius 1 is 1.32 bits per heavy atom. The molecule has 19 heavy (non-hydrogen) atoms. The number of ether oxygens (including phenoxy) is 1. The van der Waals surface area contributed by atoms with E-state index in [-0.39, 0.29) is 12.1 Å². The van der Waals surface area contributed by atoms with Crippen LogP contribution < -0.4 is 4.74 Å². The van der Waals surface area contributed by atoms with Crippen LogP contribution in [-0.4, -0.2) is 41.2 Å². The van der Waals surface area contributed by atoms with Crippen LogP contribution in [0, 0.1) is 0 Å². The number of aryl methyl sites for hydroxylation is 1. The van der Waals surface area contributed by atoms with E-state index in [0.717, 1.165) is 24.1 Å². The van der Waals surface area contributed by atoms with Crippen molar-refractivity contribution in [2.45, 2.75) is 45.8 Å². The van der Waals surface area contributed by atoms with Crippen molar-refractivity contribution < 1.29 is 9.84 Å². The number of hydrogen-bond acceptors (Lipinski definition) is 4. The van der Waals surface area contributed by atoms with Crippen LogP contribution in [0.4, 0.5) is 0 Å². The lowest BCUT2D eigenvalue weighted by Gasteiger charge is -2.32. The number of aliphatic hydroxyl groups is 1. The number of aliphatic hydroxyl groups excluding tert-OH is 1. The van der Waals surface area contributed by atoms with Gasteiger partial charge in [0.15, 0.2) is 0 Å². The Balaban J connectivity index is 2.80. The summed E-state index contributed by atoms with van der Waals surface area (Å²) < 4.78 is 5.80. The Labute approximate surface area is 116 Å². The van der Waals surface area contributed by atoms with Crippen molar-refractivity contribution in [3.8, 4) is 5.88 Å². The first kappa shape index (κ1) is 15.9. The first-order valence-electron chi connectivity index (χ1n) is 6.80. The van der Waals surface area contributed by atoms with Crippen molar-refractivity contribution in [1.82, 2.24) is 9.88 Å². The van der Waals surface area contributed by atoms with E-state index in [4.69, 9.17) is 4.74 Å². The fourth-order valence-electron chi connectivity index (χ4n) is 1.55. The molecule has 0 spiro atoms. The van der Waals surface area contributed by atoms with Gasteiger partial charge in [-0.05, 0) is 46.0 Å². The van der Waals surface area contributed by atoms with Crippen molar-refractivity contribution in [3.05, 3.63) is 23.4 Å². The monoisotopic (exact) mass is 266 g/mol. The highest BCUT2D eigenvalue weighted by Gasteiger charge is 2.21. The van der Waals surface area contributed by atoms with Gasteiger partial charge in [-0.1, -0.05) is 13.3 Å². The van der Waals surface area contributed by atoms with E-state index < -0.39 is 0 Å². The molecule has 0 saturated carbocycles. The Morgan fingerprint density at radius 3 is 2.53 bits per heavy atom. The highest BCUT2D eigenvalue weighted by molar-refractivity contribution is 5.25. The Kier molecular flexibility index (Phi) is 5.76. The van der Waals surface area contributed by atoms with Crippen molar-refractivity contribution in [2.24, 2.45) is 0 Å². The molecule has 1 heterocycles. The summed E-state index contributed by atoms with van der Waals surface area (Å²) in [6.45, 7) is 6.94. The van der Waals surface area contributed by atoms with Gasteiger partial charge in [-0.25, -0.2) is 4.98 Å². The van der Waals surface area contributed by atoms with Crippen LogP contribution in [0.25, 0.3) is 0 Å². The van der Waals surface area contributed by atoms with E-state index in [0.29, 0.717) is 12.5 Å². The average molecular weight is 266 g/mol. The van der Waals surface area contributed by atoms with E-state index in [9.17, 15) is 5.11 Å². The summed E-state index contributed by atoms with van der Waals surface area (Å²) in [4.78, 5) is 6.60. The molecule has 0 aliphatic heterocycles. The van der Waals surface area contributed by atoms with Crippen molar-refractivity contribution >= 4 is 0 Å². The van der Waals surface area contributed by atoms with Crippen LogP contribution in [0.3, 0.4) is 0 Å². The number of hydrogen-bond donors (Lipinski definition) is 1. The molecular formula is C15H26N2O2. The van der Waals surface area contributed by atoms with Gasteiger partial charge in [-0.3, -0.25) is 0 Å². The fraction of sp³-hybridized carbons (Fsp3) is 0.667. The normalized spacial score (nSPS) is 11.9. The van der Waals surface area contributed by atoms with Crippen LogP contribution in [0.2, 0.25) is 0 Å². The SMILES string of the molecule is CCCc1cc(CO)cc(OCC(C)(C)N(C)C)n1. The molecule has 4 nitrogen and oxygen atoms in total. The smallest absolute Gasteiger partial charge is 0.213 e. The summed E-state index contributed by atoms with van der Waals surface area (Å²) in [6.07, 6.45) is 1.94. The van der Waals surface area contributed by atoms with Crippen LogP contribution in [0.5, 0.6) is 5.88 Å². The summed E-state index contributed by atoms with van der Waals surface area (Å²) in [5, 5.41) is 9.28. The van der Waals surface area contributed by atoms with Gasteiger partial charge < -0.3 is 14.7 Å². The molecule has 0 atom stereocenters. The van der Waals surface area contributed by atoms with Gasteiger partial charge in [-0.15, -0.1) is 0 Å². The minimum atomic E-state index is -0.0538. The topological polar surface area (TPSA) is 45.6 Å². The molecule has 0 aromatic carbocycles. The summed E-state index contributed by atoms with van der Waals surface area (Å²) in [5.74, 6) is 0.602. The van der Waals surface area contributed by atoms with Gasteiger partial charge in [-0.2, -0.15) is 0 Å². The van der Waals surface area contributed by atoms with Crippen LogP contribution in [0.15, 0.2) is 12.1 Å². The molecule has 0 saturated heterocycles. The van der Waals surface area contributed by atoms with Gasteiger partial charge in [0.25, 0.3) is 0 Å². The molecule has 1 aromatic heterocycles. The third kappa shape index (κ3) is 4.80. The van der Waals surface area contributed by atoms with E-state index in [1.165, 1.54) is 0 Å². The van der Waals surface area contributed by atoms with Crippen molar-refractivity contribution in [3.63, 3.8) is 0 Å². The molecule has 0 fully saturated rings. The maximum Gasteiger partial charge on any atom is 0.213 e. The second-order valence-electron chi connectivity index (χ2n) is 5.71. The van der Waals surface area contributed by atoms with Gasteiger partial charge in [0, 0.05) is 17.3 Å². The molecule has 0 aliphatic rings. The first-order chi connectivity index (χ1) is 8.89. The molecule has 1 aromatic rings. The van der Waals surface area contributed by atoms with E-state index in [2.05, 4.69) is 30.7 Å². The molecule has 108 valence electrons. The van der Waals surface area contributed by atoms with Gasteiger partial charge >= 0.3 is 0 Å². The summed E-state index contributed by atoms with van der Waals surface area (Å²) in [6, 6.07) is 3.75. The zero-order valence-electron chi connectivity index (χ0n) is 12.7. The van der Waals surface area contributed by atoms with Gasteiger partial charge in [0.1, 0.15) is 6.61 Å². The molecule has 0 aliphatic carbocycles. The predicted molar refractivity (Wildman–Crippen MR) is 77.4 cm³/mol. The Morgan fingerprint density at radius 2 is 2.00 bits per heavy atom. The maximum atomic E-state index is 9.28. The largest absolute Gasteiger partial charge is 0.476 e. The Hall–Kier alpha value is -1.13. The third-order valence-corrected chi connectivity index (χ3v) is 3.39.